The van der Waals surface area contributed by atoms with Crippen LogP contribution in [0.2, 0.25) is 0 Å². The normalized spacial score (nSPS) is 11.5. The van der Waals surface area contributed by atoms with Crippen molar-refractivity contribution in [1.82, 2.24) is 4.98 Å². The minimum Gasteiger partial charge on any atom is -0.478 e. The number of nitrogens with zero attached hydrogens (tertiary/aromatic N) is 1. The maximum absolute atomic E-state index is 10.8. The first-order chi connectivity index (χ1) is 8.86. The highest BCUT2D eigenvalue weighted by Gasteiger charge is 2.17. The predicted octanol–water partition coefficient (Wildman–Crippen LogP) is 3.73. The van der Waals surface area contributed by atoms with Gasteiger partial charge in [-0.3, -0.25) is 0 Å². The minimum absolute atomic E-state index is 0.0713. The number of aromatic carboxylic acids is 1. The Balaban J connectivity index is 2.13. The van der Waals surface area contributed by atoms with Crippen molar-refractivity contribution in [1.29, 1.82) is 0 Å². The summed E-state index contributed by atoms with van der Waals surface area (Å²) >= 11 is 1.65. The predicted molar refractivity (Wildman–Crippen MR) is 77.0 cm³/mol. The second-order valence-corrected chi connectivity index (χ2v) is 6.50. The van der Waals surface area contributed by atoms with Crippen molar-refractivity contribution in [3.63, 3.8) is 0 Å². The average Bonchev–Trinajstić information content (AvgIpc) is 2.78. The molecule has 0 radical (unpaired) electrons. The van der Waals surface area contributed by atoms with E-state index in [0.29, 0.717) is 5.56 Å². The van der Waals surface area contributed by atoms with Crippen LogP contribution in [0.3, 0.4) is 0 Å². The first-order valence-corrected chi connectivity index (χ1v) is 7.01. The van der Waals surface area contributed by atoms with Gasteiger partial charge < -0.3 is 5.11 Å². The van der Waals surface area contributed by atoms with E-state index >= 15 is 0 Å². The Kier molecular flexibility index (Phi) is 3.71. The molecule has 2 rings (SSSR count). The lowest BCUT2D eigenvalue weighted by Gasteiger charge is -2.14. The van der Waals surface area contributed by atoms with Gasteiger partial charge in [0, 0.05) is 17.2 Å². The molecule has 2 aromatic rings. The van der Waals surface area contributed by atoms with Gasteiger partial charge in [0.1, 0.15) is 0 Å². The highest BCUT2D eigenvalue weighted by atomic mass is 32.1. The lowest BCUT2D eigenvalue weighted by atomic mass is 9.93. The number of carboxylic acids is 1. The van der Waals surface area contributed by atoms with Gasteiger partial charge in [0.15, 0.2) is 0 Å². The molecule has 1 heterocycles. The smallest absolute Gasteiger partial charge is 0.335 e. The quantitative estimate of drug-likeness (QED) is 0.928. The molecule has 0 aliphatic carbocycles. The van der Waals surface area contributed by atoms with Crippen molar-refractivity contribution >= 4 is 17.3 Å². The molecule has 0 aliphatic rings. The maximum atomic E-state index is 10.8. The minimum atomic E-state index is -0.893. The summed E-state index contributed by atoms with van der Waals surface area (Å²) in [6.07, 6.45) is 0.751. The highest BCUT2D eigenvalue weighted by molar-refractivity contribution is 7.09. The molecule has 0 saturated heterocycles. The van der Waals surface area contributed by atoms with Crippen molar-refractivity contribution in [3.05, 3.63) is 51.5 Å². The monoisotopic (exact) mass is 275 g/mol. The second-order valence-electron chi connectivity index (χ2n) is 5.56. The summed E-state index contributed by atoms with van der Waals surface area (Å²) in [5.74, 6) is -0.893. The number of aromatic nitrogens is 1. The zero-order valence-electron chi connectivity index (χ0n) is 11.3. The van der Waals surface area contributed by atoms with Crippen LogP contribution in [0, 0.1) is 0 Å². The third-order valence-electron chi connectivity index (χ3n) is 2.88. The van der Waals surface area contributed by atoms with E-state index in [-0.39, 0.29) is 5.41 Å². The third kappa shape index (κ3) is 3.41. The van der Waals surface area contributed by atoms with Gasteiger partial charge in [0.05, 0.1) is 16.3 Å². The second kappa shape index (κ2) is 5.13. The maximum Gasteiger partial charge on any atom is 0.335 e. The topological polar surface area (TPSA) is 50.2 Å². The molecule has 19 heavy (non-hydrogen) atoms. The van der Waals surface area contributed by atoms with Crippen LogP contribution in [0.15, 0.2) is 29.6 Å². The van der Waals surface area contributed by atoms with E-state index < -0.39 is 5.97 Å². The van der Waals surface area contributed by atoms with Crippen LogP contribution in [-0.2, 0) is 11.8 Å². The van der Waals surface area contributed by atoms with Gasteiger partial charge >= 0.3 is 5.97 Å². The van der Waals surface area contributed by atoms with E-state index in [9.17, 15) is 4.79 Å². The summed E-state index contributed by atoms with van der Waals surface area (Å²) in [5, 5.41) is 12.0. The zero-order valence-corrected chi connectivity index (χ0v) is 12.1. The summed E-state index contributed by atoms with van der Waals surface area (Å²) in [7, 11) is 0. The molecule has 0 bridgehead atoms. The summed E-state index contributed by atoms with van der Waals surface area (Å²) in [6.45, 7) is 6.44. The van der Waals surface area contributed by atoms with Gasteiger partial charge in [-0.05, 0) is 17.7 Å². The van der Waals surface area contributed by atoms with Gasteiger partial charge in [-0.1, -0.05) is 32.9 Å². The summed E-state index contributed by atoms with van der Waals surface area (Å²) < 4.78 is 0. The number of thiazole rings is 1. The Bertz CT molecular complexity index is 579. The van der Waals surface area contributed by atoms with E-state index in [1.165, 1.54) is 0 Å². The van der Waals surface area contributed by atoms with Crippen LogP contribution in [0.4, 0.5) is 0 Å². The van der Waals surface area contributed by atoms with Crippen molar-refractivity contribution in [2.75, 3.05) is 0 Å². The lowest BCUT2D eigenvalue weighted by molar-refractivity contribution is 0.0697. The Morgan fingerprint density at radius 2 is 1.89 bits per heavy atom. The molecular weight excluding hydrogens is 258 g/mol. The number of hydrogen-bond acceptors (Lipinski definition) is 3. The lowest BCUT2D eigenvalue weighted by Crippen LogP contribution is -2.11. The van der Waals surface area contributed by atoms with Crippen LogP contribution in [-0.4, -0.2) is 16.1 Å². The zero-order chi connectivity index (χ0) is 14.0. The molecule has 0 fully saturated rings. The molecule has 0 spiro atoms. The van der Waals surface area contributed by atoms with Crippen LogP contribution in [0.5, 0.6) is 0 Å². The van der Waals surface area contributed by atoms with E-state index in [4.69, 9.17) is 5.11 Å². The summed E-state index contributed by atoms with van der Waals surface area (Å²) in [4.78, 5) is 15.4. The highest BCUT2D eigenvalue weighted by Crippen LogP contribution is 2.25. The largest absolute Gasteiger partial charge is 0.478 e. The van der Waals surface area contributed by atoms with Gasteiger partial charge in [-0.15, -0.1) is 11.3 Å². The van der Waals surface area contributed by atoms with Crippen molar-refractivity contribution in [2.45, 2.75) is 32.6 Å². The Labute approximate surface area is 116 Å². The van der Waals surface area contributed by atoms with Crippen LogP contribution in [0.25, 0.3) is 0 Å². The molecule has 0 amide bonds. The van der Waals surface area contributed by atoms with Crippen molar-refractivity contribution in [2.24, 2.45) is 0 Å². The fraction of sp³-hybridized carbons (Fsp3) is 0.333. The number of benzene rings is 1. The molecule has 0 unspecified atom stereocenters. The van der Waals surface area contributed by atoms with Gasteiger partial charge in [0.25, 0.3) is 0 Å². The molecule has 1 N–H and O–H groups in total. The van der Waals surface area contributed by atoms with Crippen LogP contribution >= 0.6 is 11.3 Å². The van der Waals surface area contributed by atoms with E-state index in [1.54, 1.807) is 23.5 Å². The number of rotatable bonds is 3. The number of hydrogen-bond donors (Lipinski definition) is 1. The summed E-state index contributed by atoms with van der Waals surface area (Å²) in [6, 6.07) is 6.97. The van der Waals surface area contributed by atoms with Crippen LogP contribution < -0.4 is 0 Å². The standard InChI is InChI=1S/C15H17NO2S/c1-15(2,3)12-9-19-13(16-12)8-10-4-6-11(7-5-10)14(17)18/h4-7,9H,8H2,1-3H3,(H,17,18). The van der Waals surface area contributed by atoms with Crippen molar-refractivity contribution < 1.29 is 9.90 Å². The Morgan fingerprint density at radius 1 is 1.26 bits per heavy atom. The van der Waals surface area contributed by atoms with E-state index in [1.807, 2.05) is 12.1 Å². The number of carbonyl (C=O) groups is 1. The first kappa shape index (κ1) is 13.7. The Hall–Kier alpha value is -1.68. The Morgan fingerprint density at radius 3 is 2.37 bits per heavy atom. The van der Waals surface area contributed by atoms with Gasteiger partial charge in [0.2, 0.25) is 0 Å². The molecule has 0 atom stereocenters. The van der Waals surface area contributed by atoms with E-state index in [0.717, 1.165) is 22.7 Å². The molecule has 0 aliphatic heterocycles. The molecule has 4 heteroatoms. The molecular formula is C15H17NO2S. The van der Waals surface area contributed by atoms with Gasteiger partial charge in [-0.2, -0.15) is 0 Å². The third-order valence-corrected chi connectivity index (χ3v) is 3.73. The van der Waals surface area contributed by atoms with E-state index in [2.05, 4.69) is 31.1 Å². The van der Waals surface area contributed by atoms with Gasteiger partial charge in [-0.25, -0.2) is 9.78 Å². The fourth-order valence-electron chi connectivity index (χ4n) is 1.68. The fourth-order valence-corrected chi connectivity index (χ4v) is 2.73. The SMILES string of the molecule is CC(C)(C)c1csc(Cc2ccc(C(=O)O)cc2)n1. The molecule has 100 valence electrons. The van der Waals surface area contributed by atoms with Crippen LogP contribution in [0.1, 0.15) is 47.4 Å². The number of carboxylic acid groups (broad SMARTS) is 1. The molecule has 1 aromatic carbocycles. The molecule has 3 nitrogen and oxygen atoms in total. The summed E-state index contributed by atoms with van der Waals surface area (Å²) in [5.41, 5.74) is 2.58. The molecule has 0 saturated carbocycles. The molecule has 1 aromatic heterocycles. The van der Waals surface area contributed by atoms with Crippen molar-refractivity contribution in [3.8, 4) is 0 Å². The first-order valence-electron chi connectivity index (χ1n) is 6.13. The average molecular weight is 275 g/mol.